The maximum atomic E-state index is 11.2. The zero-order chi connectivity index (χ0) is 14.5. The average Bonchev–Trinajstić information content (AvgIpc) is 2.47. The molecule has 1 fully saturated rings. The van der Waals surface area contributed by atoms with Crippen LogP contribution in [0.1, 0.15) is 50.8 Å². The van der Waals surface area contributed by atoms with Crippen molar-refractivity contribution < 1.29 is 9.66 Å². The molecular formula is C13H20N4O3. The molecule has 0 radical (unpaired) electrons. The molecule has 1 aliphatic rings. The van der Waals surface area contributed by atoms with Gasteiger partial charge in [0.25, 0.3) is 5.88 Å². The number of nitro groups is 1. The van der Waals surface area contributed by atoms with Gasteiger partial charge in [-0.05, 0) is 19.8 Å². The minimum Gasteiger partial charge on any atom is -0.476 e. The van der Waals surface area contributed by atoms with Gasteiger partial charge in [-0.1, -0.05) is 19.3 Å². The second-order valence-electron chi connectivity index (χ2n) is 4.91. The second-order valence-corrected chi connectivity index (χ2v) is 4.91. The normalized spacial score (nSPS) is 15.9. The fraction of sp³-hybridized carbons (Fsp3) is 0.692. The largest absolute Gasteiger partial charge is 0.476 e. The number of nitrogens with zero attached hydrogens (tertiary/aromatic N) is 3. The van der Waals surface area contributed by atoms with Gasteiger partial charge in [0.1, 0.15) is 5.82 Å². The van der Waals surface area contributed by atoms with Crippen molar-refractivity contribution in [2.24, 2.45) is 0 Å². The van der Waals surface area contributed by atoms with Crippen LogP contribution in [-0.4, -0.2) is 28.5 Å². The number of anilines is 1. The van der Waals surface area contributed by atoms with Gasteiger partial charge < -0.3 is 10.1 Å². The van der Waals surface area contributed by atoms with Gasteiger partial charge >= 0.3 is 5.69 Å². The van der Waals surface area contributed by atoms with Crippen LogP contribution in [0.4, 0.5) is 11.5 Å². The Bertz CT molecular complexity index is 487. The Balaban J connectivity index is 2.43. The number of aromatic nitrogens is 2. The van der Waals surface area contributed by atoms with E-state index in [0.717, 1.165) is 25.7 Å². The van der Waals surface area contributed by atoms with E-state index in [-0.39, 0.29) is 23.3 Å². The first-order chi connectivity index (χ1) is 9.67. The van der Waals surface area contributed by atoms with E-state index in [1.54, 1.807) is 0 Å². The van der Waals surface area contributed by atoms with Crippen molar-refractivity contribution in [3.05, 3.63) is 15.9 Å². The third-order valence-corrected chi connectivity index (χ3v) is 3.56. The summed E-state index contributed by atoms with van der Waals surface area (Å²) in [6.07, 6.45) is 5.62. The third-order valence-electron chi connectivity index (χ3n) is 3.56. The fourth-order valence-electron chi connectivity index (χ4n) is 2.59. The maximum Gasteiger partial charge on any atom is 0.372 e. The summed E-state index contributed by atoms with van der Waals surface area (Å²) in [6, 6.07) is 0. The quantitative estimate of drug-likeness (QED) is 0.658. The lowest BCUT2D eigenvalue weighted by atomic mass is 9.88. The Morgan fingerprint density at radius 3 is 2.60 bits per heavy atom. The standard InChI is InChI=1S/C13H20N4O3/c1-3-14-12-10(17(18)19)13(20-2)16-11(15-12)9-7-5-4-6-8-9/h9H,3-8H2,1-2H3,(H,14,15,16). The van der Waals surface area contributed by atoms with Gasteiger partial charge in [-0.15, -0.1) is 0 Å². The first-order valence-corrected chi connectivity index (χ1v) is 7.01. The zero-order valence-electron chi connectivity index (χ0n) is 11.9. The van der Waals surface area contributed by atoms with E-state index in [4.69, 9.17) is 4.74 Å². The van der Waals surface area contributed by atoms with E-state index < -0.39 is 4.92 Å². The molecular weight excluding hydrogens is 260 g/mol. The van der Waals surface area contributed by atoms with Gasteiger partial charge in [-0.3, -0.25) is 10.1 Å². The molecule has 0 aliphatic heterocycles. The minimum atomic E-state index is -0.499. The summed E-state index contributed by atoms with van der Waals surface area (Å²) < 4.78 is 5.09. The fourth-order valence-corrected chi connectivity index (χ4v) is 2.59. The molecule has 0 bridgehead atoms. The smallest absolute Gasteiger partial charge is 0.372 e. The van der Waals surface area contributed by atoms with Crippen LogP contribution in [0.2, 0.25) is 0 Å². The Morgan fingerprint density at radius 1 is 1.35 bits per heavy atom. The Labute approximate surface area is 117 Å². The van der Waals surface area contributed by atoms with Crippen LogP contribution in [0.15, 0.2) is 0 Å². The van der Waals surface area contributed by atoms with E-state index >= 15 is 0 Å². The van der Waals surface area contributed by atoms with Gasteiger partial charge in [0.2, 0.25) is 5.82 Å². The van der Waals surface area contributed by atoms with Crippen molar-refractivity contribution in [3.63, 3.8) is 0 Å². The topological polar surface area (TPSA) is 90.2 Å². The van der Waals surface area contributed by atoms with Gasteiger partial charge in [-0.2, -0.15) is 4.98 Å². The van der Waals surface area contributed by atoms with Crippen LogP contribution < -0.4 is 10.1 Å². The first-order valence-electron chi connectivity index (χ1n) is 7.01. The Kier molecular flexibility index (Phi) is 4.70. The molecule has 0 saturated heterocycles. The molecule has 7 nitrogen and oxygen atoms in total. The minimum absolute atomic E-state index is 0.0431. The Hall–Kier alpha value is -1.92. The molecule has 0 amide bonds. The lowest BCUT2D eigenvalue weighted by Crippen LogP contribution is -2.14. The van der Waals surface area contributed by atoms with Crippen molar-refractivity contribution in [1.29, 1.82) is 0 Å². The van der Waals surface area contributed by atoms with Crippen LogP contribution in [-0.2, 0) is 0 Å². The molecule has 110 valence electrons. The molecule has 7 heteroatoms. The number of methoxy groups -OCH3 is 1. The maximum absolute atomic E-state index is 11.2. The molecule has 0 spiro atoms. The summed E-state index contributed by atoms with van der Waals surface area (Å²) in [4.78, 5) is 19.3. The molecule has 1 heterocycles. The summed E-state index contributed by atoms with van der Waals surface area (Å²) >= 11 is 0. The van der Waals surface area contributed by atoms with Crippen molar-refractivity contribution >= 4 is 11.5 Å². The molecule has 2 rings (SSSR count). The monoisotopic (exact) mass is 280 g/mol. The van der Waals surface area contributed by atoms with Gasteiger partial charge in [0, 0.05) is 12.5 Å². The number of hydrogen-bond acceptors (Lipinski definition) is 6. The molecule has 0 unspecified atom stereocenters. The van der Waals surface area contributed by atoms with Crippen LogP contribution in [0.5, 0.6) is 5.88 Å². The summed E-state index contributed by atoms with van der Waals surface area (Å²) in [6.45, 7) is 2.43. The molecule has 0 aromatic carbocycles. The number of hydrogen-bond donors (Lipinski definition) is 1. The molecule has 1 aromatic heterocycles. The molecule has 1 aliphatic carbocycles. The summed E-state index contributed by atoms with van der Waals surface area (Å²) in [5, 5.41) is 14.1. The molecule has 1 saturated carbocycles. The van der Waals surface area contributed by atoms with E-state index in [9.17, 15) is 10.1 Å². The van der Waals surface area contributed by atoms with Crippen molar-refractivity contribution in [1.82, 2.24) is 9.97 Å². The zero-order valence-corrected chi connectivity index (χ0v) is 11.9. The van der Waals surface area contributed by atoms with E-state index in [1.165, 1.54) is 13.5 Å². The highest BCUT2D eigenvalue weighted by molar-refractivity contribution is 5.61. The number of rotatable bonds is 5. The van der Waals surface area contributed by atoms with Gasteiger partial charge in [-0.25, -0.2) is 4.98 Å². The predicted molar refractivity (Wildman–Crippen MR) is 75.2 cm³/mol. The Morgan fingerprint density at radius 2 is 2.05 bits per heavy atom. The summed E-state index contributed by atoms with van der Waals surface area (Å²) in [5.41, 5.74) is -0.186. The second kappa shape index (κ2) is 6.49. The highest BCUT2D eigenvalue weighted by atomic mass is 16.6. The highest BCUT2D eigenvalue weighted by Gasteiger charge is 2.28. The van der Waals surface area contributed by atoms with E-state index in [1.807, 2.05) is 6.92 Å². The number of nitrogens with one attached hydrogen (secondary N) is 1. The SMILES string of the molecule is CCNc1nc(C2CCCCC2)nc(OC)c1[N+](=O)[O-]. The molecule has 20 heavy (non-hydrogen) atoms. The third kappa shape index (κ3) is 2.97. The molecule has 1 N–H and O–H groups in total. The van der Waals surface area contributed by atoms with Crippen LogP contribution in [0.25, 0.3) is 0 Å². The molecule has 1 aromatic rings. The predicted octanol–water partition coefficient (Wildman–Crippen LogP) is 2.87. The van der Waals surface area contributed by atoms with Crippen LogP contribution in [0.3, 0.4) is 0 Å². The lowest BCUT2D eigenvalue weighted by molar-refractivity contribution is -0.385. The lowest BCUT2D eigenvalue weighted by Gasteiger charge is -2.21. The summed E-state index contributed by atoms with van der Waals surface area (Å²) in [5.74, 6) is 1.23. The number of ether oxygens (including phenoxy) is 1. The van der Waals surface area contributed by atoms with Crippen molar-refractivity contribution in [2.75, 3.05) is 19.0 Å². The average molecular weight is 280 g/mol. The van der Waals surface area contributed by atoms with Gasteiger partial charge in [0.15, 0.2) is 0 Å². The van der Waals surface area contributed by atoms with Crippen molar-refractivity contribution in [2.45, 2.75) is 44.9 Å². The van der Waals surface area contributed by atoms with Gasteiger partial charge in [0.05, 0.1) is 12.0 Å². The van der Waals surface area contributed by atoms with E-state index in [2.05, 4.69) is 15.3 Å². The van der Waals surface area contributed by atoms with Crippen molar-refractivity contribution in [3.8, 4) is 5.88 Å². The first kappa shape index (κ1) is 14.5. The highest BCUT2D eigenvalue weighted by Crippen LogP contribution is 2.37. The van der Waals surface area contributed by atoms with E-state index in [0.29, 0.717) is 12.4 Å². The molecule has 0 atom stereocenters. The summed E-state index contributed by atoms with van der Waals surface area (Å²) in [7, 11) is 1.40. The van der Waals surface area contributed by atoms with Crippen LogP contribution >= 0.6 is 0 Å². The van der Waals surface area contributed by atoms with Crippen LogP contribution in [0, 0.1) is 10.1 Å².